The largest absolute Gasteiger partial charge is 0.497 e. The van der Waals surface area contributed by atoms with Crippen LogP contribution in [0.1, 0.15) is 31.4 Å². The highest BCUT2D eigenvalue weighted by Gasteiger charge is 2.21. The second kappa shape index (κ2) is 13.2. The summed E-state index contributed by atoms with van der Waals surface area (Å²) in [6, 6.07) is 12.2. The van der Waals surface area contributed by atoms with Gasteiger partial charge in [-0.15, -0.1) is 24.2 Å². The number of aromatic nitrogens is 1. The quantitative estimate of drug-likeness (QED) is 0.289. The number of benzene rings is 2. The number of aryl methyl sites for hydroxylation is 2. The third kappa shape index (κ3) is 7.09. The zero-order valence-corrected chi connectivity index (χ0v) is 22.5. The van der Waals surface area contributed by atoms with Crippen LogP contribution in [0.25, 0.3) is 10.2 Å². The van der Waals surface area contributed by atoms with Crippen LogP contribution in [0.3, 0.4) is 0 Å². The van der Waals surface area contributed by atoms with Crippen LogP contribution in [0.5, 0.6) is 5.75 Å². The van der Waals surface area contributed by atoms with Gasteiger partial charge in [0, 0.05) is 30.2 Å². The minimum absolute atomic E-state index is 0. The van der Waals surface area contributed by atoms with E-state index in [4.69, 9.17) is 9.72 Å². The van der Waals surface area contributed by atoms with Gasteiger partial charge in [-0.05, 0) is 62.3 Å². The minimum atomic E-state index is 0. The molecule has 0 bridgehead atoms. The van der Waals surface area contributed by atoms with E-state index in [-0.39, 0.29) is 18.3 Å². The van der Waals surface area contributed by atoms with E-state index in [0.29, 0.717) is 13.0 Å². The van der Waals surface area contributed by atoms with E-state index in [0.717, 1.165) is 52.2 Å². The van der Waals surface area contributed by atoms with Crippen molar-refractivity contribution in [2.24, 2.45) is 0 Å². The topological polar surface area (TPSA) is 45.7 Å². The summed E-state index contributed by atoms with van der Waals surface area (Å²) >= 11 is 3.32. The first-order valence-corrected chi connectivity index (χ1v) is 12.9. The van der Waals surface area contributed by atoms with Crippen LogP contribution in [0.2, 0.25) is 0 Å². The smallest absolute Gasteiger partial charge is 0.229 e. The highest BCUT2D eigenvalue weighted by atomic mass is 35.5. The van der Waals surface area contributed by atoms with Gasteiger partial charge in [0.2, 0.25) is 5.91 Å². The van der Waals surface area contributed by atoms with Gasteiger partial charge in [0.25, 0.3) is 0 Å². The first-order valence-electron chi connectivity index (χ1n) is 11.1. The van der Waals surface area contributed by atoms with E-state index in [9.17, 15) is 4.79 Å². The number of carbonyl (C=O) groups is 1. The summed E-state index contributed by atoms with van der Waals surface area (Å²) in [5.41, 5.74) is 3.37. The number of halogens is 1. The zero-order chi connectivity index (χ0) is 23.1. The molecule has 0 radical (unpaired) electrons. The van der Waals surface area contributed by atoms with Gasteiger partial charge < -0.3 is 9.64 Å². The van der Waals surface area contributed by atoms with Crippen LogP contribution < -0.4 is 9.64 Å². The fourth-order valence-corrected chi connectivity index (χ4v) is 5.53. The van der Waals surface area contributed by atoms with E-state index in [1.165, 1.54) is 10.3 Å². The lowest BCUT2D eigenvalue weighted by Gasteiger charge is -2.24. The van der Waals surface area contributed by atoms with Gasteiger partial charge in [0.1, 0.15) is 5.75 Å². The fourth-order valence-electron chi connectivity index (χ4n) is 3.53. The SMILES string of the molecule is CCN(CC)CCN(C(=O)CCSc1ccc(OC)cc1)c1nc2c(C)ccc(C)c2s1.Cl. The molecule has 0 atom stereocenters. The average molecular weight is 508 g/mol. The number of ether oxygens (including phenoxy) is 1. The Balaban J connectivity index is 0.00000385. The second-order valence-corrected chi connectivity index (χ2v) is 9.87. The lowest BCUT2D eigenvalue weighted by Crippen LogP contribution is -2.39. The molecule has 0 aliphatic rings. The van der Waals surface area contributed by atoms with E-state index < -0.39 is 0 Å². The average Bonchev–Trinajstić information content (AvgIpc) is 3.26. The third-order valence-corrected chi connectivity index (χ3v) is 7.87. The Morgan fingerprint density at radius 1 is 1.03 bits per heavy atom. The number of thioether (sulfide) groups is 1. The lowest BCUT2D eigenvalue weighted by molar-refractivity contribution is -0.118. The summed E-state index contributed by atoms with van der Waals surface area (Å²) in [5, 5.41) is 0.809. The predicted molar refractivity (Wildman–Crippen MR) is 145 cm³/mol. The summed E-state index contributed by atoms with van der Waals surface area (Å²) in [6.07, 6.45) is 0.475. The molecule has 1 aromatic heterocycles. The number of methoxy groups -OCH3 is 1. The van der Waals surface area contributed by atoms with Gasteiger partial charge in [-0.2, -0.15) is 0 Å². The Hall–Kier alpha value is -1.80. The zero-order valence-electron chi connectivity index (χ0n) is 20.1. The molecule has 3 rings (SSSR count). The summed E-state index contributed by atoms with van der Waals surface area (Å²) in [4.78, 5) is 23.6. The van der Waals surface area contributed by atoms with Crippen LogP contribution in [-0.4, -0.2) is 54.8 Å². The van der Waals surface area contributed by atoms with E-state index in [1.54, 1.807) is 30.2 Å². The number of fused-ring (bicyclic) bond motifs is 1. The maximum atomic E-state index is 13.3. The number of amides is 1. The highest BCUT2D eigenvalue weighted by molar-refractivity contribution is 7.99. The Labute approximate surface area is 211 Å². The normalized spacial score (nSPS) is 11.0. The Morgan fingerprint density at radius 3 is 2.30 bits per heavy atom. The summed E-state index contributed by atoms with van der Waals surface area (Å²) in [6.45, 7) is 12.0. The number of hydrogen-bond acceptors (Lipinski definition) is 6. The van der Waals surface area contributed by atoms with Gasteiger partial charge >= 0.3 is 0 Å². The van der Waals surface area contributed by atoms with Crippen LogP contribution in [-0.2, 0) is 4.79 Å². The number of anilines is 1. The molecule has 180 valence electrons. The Bertz CT molecular complexity index is 997. The fraction of sp³-hybridized carbons (Fsp3) is 0.440. The van der Waals surface area contributed by atoms with E-state index >= 15 is 0 Å². The van der Waals surface area contributed by atoms with Crippen molar-refractivity contribution in [3.05, 3.63) is 47.5 Å². The van der Waals surface area contributed by atoms with Crippen molar-refractivity contribution >= 4 is 56.8 Å². The van der Waals surface area contributed by atoms with E-state index in [1.807, 2.05) is 29.2 Å². The van der Waals surface area contributed by atoms with Crippen LogP contribution in [0, 0.1) is 13.8 Å². The summed E-state index contributed by atoms with van der Waals surface area (Å²) in [5.74, 6) is 1.71. The van der Waals surface area contributed by atoms with Gasteiger partial charge in [0.05, 0.1) is 17.3 Å². The molecule has 33 heavy (non-hydrogen) atoms. The van der Waals surface area contributed by atoms with E-state index in [2.05, 4.69) is 44.7 Å². The standard InChI is InChI=1S/C25H33N3O2S2.ClH/c1-6-27(7-2)15-16-28(25-26-23-18(3)8-9-19(4)24(23)32-25)22(29)14-17-31-21-12-10-20(30-5)11-13-21;/h8-13H,6-7,14-17H2,1-5H3;1H. The molecule has 1 amide bonds. The number of nitrogens with zero attached hydrogens (tertiary/aromatic N) is 3. The monoisotopic (exact) mass is 507 g/mol. The number of rotatable bonds is 11. The molecular weight excluding hydrogens is 474 g/mol. The maximum absolute atomic E-state index is 13.3. The van der Waals surface area contributed by atoms with Gasteiger partial charge in [-0.25, -0.2) is 4.98 Å². The van der Waals surface area contributed by atoms with Crippen molar-refractivity contribution < 1.29 is 9.53 Å². The minimum Gasteiger partial charge on any atom is -0.497 e. The van der Waals surface area contributed by atoms with Crippen molar-refractivity contribution in [2.75, 3.05) is 43.9 Å². The molecular formula is C25H34ClN3O2S2. The molecule has 0 spiro atoms. The third-order valence-electron chi connectivity index (χ3n) is 5.64. The van der Waals surface area contributed by atoms with Crippen LogP contribution in [0.4, 0.5) is 5.13 Å². The van der Waals surface area contributed by atoms with Crippen molar-refractivity contribution in [2.45, 2.75) is 39.0 Å². The molecule has 0 fully saturated rings. The Kier molecular flexibility index (Phi) is 11.0. The first kappa shape index (κ1) is 27.4. The summed E-state index contributed by atoms with van der Waals surface area (Å²) in [7, 11) is 1.67. The molecule has 3 aromatic rings. The number of carbonyl (C=O) groups excluding carboxylic acids is 1. The molecule has 0 aliphatic carbocycles. The van der Waals surface area contributed by atoms with Crippen molar-refractivity contribution in [3.63, 3.8) is 0 Å². The Morgan fingerprint density at radius 2 is 1.70 bits per heavy atom. The number of likely N-dealkylation sites (N-methyl/N-ethyl adjacent to an activating group) is 1. The molecule has 5 nitrogen and oxygen atoms in total. The predicted octanol–water partition coefficient (Wildman–Crippen LogP) is 6.20. The maximum Gasteiger partial charge on any atom is 0.229 e. The molecule has 1 heterocycles. The molecule has 0 N–H and O–H groups in total. The first-order chi connectivity index (χ1) is 15.5. The van der Waals surface area contributed by atoms with Crippen LogP contribution in [0.15, 0.2) is 41.3 Å². The van der Waals surface area contributed by atoms with Gasteiger partial charge in [0.15, 0.2) is 5.13 Å². The van der Waals surface area contributed by atoms with Crippen molar-refractivity contribution in [1.82, 2.24) is 9.88 Å². The van der Waals surface area contributed by atoms with Crippen molar-refractivity contribution in [3.8, 4) is 5.75 Å². The lowest BCUT2D eigenvalue weighted by atomic mass is 10.1. The molecule has 0 saturated heterocycles. The molecule has 0 aliphatic heterocycles. The highest BCUT2D eigenvalue weighted by Crippen LogP contribution is 2.33. The van der Waals surface area contributed by atoms with Gasteiger partial charge in [-0.3, -0.25) is 9.69 Å². The molecule has 2 aromatic carbocycles. The number of thiazole rings is 1. The van der Waals surface area contributed by atoms with Gasteiger partial charge in [-0.1, -0.05) is 37.3 Å². The molecule has 0 unspecified atom stereocenters. The molecule has 0 saturated carbocycles. The van der Waals surface area contributed by atoms with Crippen LogP contribution >= 0.6 is 35.5 Å². The second-order valence-electron chi connectivity index (χ2n) is 7.72. The summed E-state index contributed by atoms with van der Waals surface area (Å²) < 4.78 is 6.39. The van der Waals surface area contributed by atoms with Crippen molar-refractivity contribution in [1.29, 1.82) is 0 Å². The molecule has 8 heteroatoms. The number of hydrogen-bond donors (Lipinski definition) is 0.